The summed E-state index contributed by atoms with van der Waals surface area (Å²) in [5.41, 5.74) is 3.29. The molecule has 1 aliphatic rings. The minimum Gasteiger partial charge on any atom is -0.480 e. The first-order valence-corrected chi connectivity index (χ1v) is 8.24. The predicted octanol–water partition coefficient (Wildman–Crippen LogP) is 2.32. The maximum atomic E-state index is 14.4. The number of amidine groups is 1. The van der Waals surface area contributed by atoms with Crippen LogP contribution < -0.4 is 10.5 Å². The van der Waals surface area contributed by atoms with E-state index in [0.717, 1.165) is 6.07 Å². The van der Waals surface area contributed by atoms with Crippen LogP contribution in [0.15, 0.2) is 35.6 Å². The Morgan fingerprint density at radius 3 is 2.69 bits per heavy atom. The Kier molecular flexibility index (Phi) is 7.15. The van der Waals surface area contributed by atoms with Gasteiger partial charge in [0, 0.05) is 12.0 Å². The number of Topliss-reactive ketones (excluding diaryl/α,β-unsaturated/α-hetero) is 1. The molecule has 1 aromatic carbocycles. The zero-order valence-corrected chi connectivity index (χ0v) is 16.1. The summed E-state index contributed by atoms with van der Waals surface area (Å²) in [5, 5.41) is 0. The Bertz CT molecular complexity index is 912. The number of halogens is 4. The standard InChI is InChI=1S/C18H17F3N4O3.ClH/c1-27-16-7-23-13(6-24-16)14(26)5-10-2-3-12(19)11(4-10)18(17(20)21)9-28-8-15(22)25-18;/h2-4,6-7,17H,5,8-9H2,1H3,(H2,22,25);1H/t18-;/m0./s1. The fourth-order valence-corrected chi connectivity index (χ4v) is 2.86. The lowest BCUT2D eigenvalue weighted by atomic mass is 9.88. The van der Waals surface area contributed by atoms with Crippen LogP contribution in [0.3, 0.4) is 0 Å². The summed E-state index contributed by atoms with van der Waals surface area (Å²) >= 11 is 0. The third kappa shape index (κ3) is 4.65. The second-order valence-electron chi connectivity index (χ2n) is 6.18. The van der Waals surface area contributed by atoms with E-state index >= 15 is 0 Å². The first-order chi connectivity index (χ1) is 13.4. The quantitative estimate of drug-likeness (QED) is 0.706. The van der Waals surface area contributed by atoms with Crippen LogP contribution in [0, 0.1) is 5.82 Å². The maximum Gasteiger partial charge on any atom is 0.269 e. The molecule has 1 aliphatic heterocycles. The fourth-order valence-electron chi connectivity index (χ4n) is 2.86. The first-order valence-electron chi connectivity index (χ1n) is 8.24. The summed E-state index contributed by atoms with van der Waals surface area (Å²) in [6, 6.07) is 3.54. The van der Waals surface area contributed by atoms with Gasteiger partial charge >= 0.3 is 0 Å². The summed E-state index contributed by atoms with van der Waals surface area (Å²) in [5.74, 6) is -1.21. The van der Waals surface area contributed by atoms with Gasteiger partial charge in [0.25, 0.3) is 6.43 Å². The van der Waals surface area contributed by atoms with Gasteiger partial charge in [-0.1, -0.05) is 6.07 Å². The van der Waals surface area contributed by atoms with Crippen molar-refractivity contribution in [3.05, 3.63) is 53.2 Å². The Morgan fingerprint density at radius 2 is 2.10 bits per heavy atom. The molecule has 0 saturated heterocycles. The van der Waals surface area contributed by atoms with Gasteiger partial charge in [-0.15, -0.1) is 12.4 Å². The molecule has 0 fully saturated rings. The number of aromatic nitrogens is 2. The molecule has 0 unspecified atom stereocenters. The van der Waals surface area contributed by atoms with Crippen molar-refractivity contribution in [2.24, 2.45) is 10.7 Å². The molecule has 3 rings (SSSR count). The van der Waals surface area contributed by atoms with E-state index < -0.39 is 30.2 Å². The molecule has 1 atom stereocenters. The molecule has 0 bridgehead atoms. The van der Waals surface area contributed by atoms with Crippen LogP contribution in [0.1, 0.15) is 21.6 Å². The van der Waals surface area contributed by atoms with Crippen molar-refractivity contribution in [2.45, 2.75) is 18.4 Å². The molecule has 11 heteroatoms. The number of carbonyl (C=O) groups excluding carboxylic acids is 1. The summed E-state index contributed by atoms with van der Waals surface area (Å²) in [4.78, 5) is 24.0. The molecule has 0 spiro atoms. The van der Waals surface area contributed by atoms with Gasteiger partial charge in [-0.2, -0.15) is 0 Å². The SMILES string of the molecule is COc1cnc(C(=O)Cc2ccc(F)c([C@]3(C(F)F)COCC(N)=N3)c2)cn1.Cl. The van der Waals surface area contributed by atoms with Crippen molar-refractivity contribution in [2.75, 3.05) is 20.3 Å². The van der Waals surface area contributed by atoms with Gasteiger partial charge in [0.15, 0.2) is 11.3 Å². The number of alkyl halides is 2. The number of methoxy groups -OCH3 is 1. The van der Waals surface area contributed by atoms with Crippen molar-refractivity contribution in [1.82, 2.24) is 9.97 Å². The highest BCUT2D eigenvalue weighted by molar-refractivity contribution is 5.95. The number of aliphatic imine (C=N–C) groups is 1. The normalized spacial score (nSPS) is 18.7. The largest absolute Gasteiger partial charge is 0.480 e. The monoisotopic (exact) mass is 430 g/mol. The number of nitrogens with zero attached hydrogens (tertiary/aromatic N) is 3. The second-order valence-corrected chi connectivity index (χ2v) is 6.18. The number of carbonyl (C=O) groups is 1. The molecular weight excluding hydrogens is 413 g/mol. The number of rotatable bonds is 6. The van der Waals surface area contributed by atoms with Crippen LogP contribution in [-0.4, -0.2) is 48.3 Å². The van der Waals surface area contributed by atoms with Gasteiger partial charge in [-0.25, -0.2) is 23.1 Å². The topological polar surface area (TPSA) is 99.7 Å². The molecule has 7 nitrogen and oxygen atoms in total. The van der Waals surface area contributed by atoms with Gasteiger partial charge in [-0.05, 0) is 17.7 Å². The van der Waals surface area contributed by atoms with Crippen LogP contribution in [0.4, 0.5) is 13.2 Å². The smallest absolute Gasteiger partial charge is 0.269 e. The number of benzene rings is 1. The van der Waals surface area contributed by atoms with E-state index in [2.05, 4.69) is 15.0 Å². The van der Waals surface area contributed by atoms with Crippen LogP contribution >= 0.6 is 12.4 Å². The summed E-state index contributed by atoms with van der Waals surface area (Å²) in [7, 11) is 1.41. The summed E-state index contributed by atoms with van der Waals surface area (Å²) in [6.07, 6.45) is -0.717. The summed E-state index contributed by atoms with van der Waals surface area (Å²) in [6.45, 7) is -0.631. The van der Waals surface area contributed by atoms with Crippen LogP contribution in [0.25, 0.3) is 0 Å². The van der Waals surface area contributed by atoms with Gasteiger partial charge in [0.1, 0.15) is 24.0 Å². The van der Waals surface area contributed by atoms with Gasteiger partial charge in [0.2, 0.25) is 5.88 Å². The molecule has 2 aromatic rings. The molecule has 156 valence electrons. The van der Waals surface area contributed by atoms with Crippen molar-refractivity contribution in [3.63, 3.8) is 0 Å². The zero-order chi connectivity index (χ0) is 20.3. The molecule has 0 saturated carbocycles. The third-order valence-corrected chi connectivity index (χ3v) is 4.26. The lowest BCUT2D eigenvalue weighted by Crippen LogP contribution is -2.45. The van der Waals surface area contributed by atoms with Crippen LogP contribution in [-0.2, 0) is 16.7 Å². The Morgan fingerprint density at radius 1 is 1.34 bits per heavy atom. The lowest BCUT2D eigenvalue weighted by Gasteiger charge is -2.33. The molecule has 0 amide bonds. The molecule has 0 radical (unpaired) electrons. The van der Waals surface area contributed by atoms with Crippen LogP contribution in [0.2, 0.25) is 0 Å². The van der Waals surface area contributed by atoms with Gasteiger partial charge in [0.05, 0.1) is 26.1 Å². The average Bonchev–Trinajstić information content (AvgIpc) is 2.69. The minimum atomic E-state index is -3.06. The lowest BCUT2D eigenvalue weighted by molar-refractivity contribution is -0.0146. The average molecular weight is 431 g/mol. The fraction of sp³-hybridized carbons (Fsp3) is 0.333. The van der Waals surface area contributed by atoms with E-state index in [1.54, 1.807) is 0 Å². The number of ether oxygens (including phenoxy) is 2. The van der Waals surface area contributed by atoms with E-state index in [4.69, 9.17) is 15.2 Å². The maximum absolute atomic E-state index is 14.4. The molecule has 0 aliphatic carbocycles. The predicted molar refractivity (Wildman–Crippen MR) is 100 cm³/mol. The number of ketones is 1. The zero-order valence-electron chi connectivity index (χ0n) is 15.3. The second kappa shape index (κ2) is 9.19. The molecule has 2 heterocycles. The Balaban J connectivity index is 0.00000300. The molecule has 2 N–H and O–H groups in total. The van der Waals surface area contributed by atoms with Gasteiger partial charge in [-0.3, -0.25) is 9.79 Å². The molecular formula is C18H18ClF3N4O3. The van der Waals surface area contributed by atoms with E-state index in [-0.39, 0.29) is 48.4 Å². The molecule has 1 aromatic heterocycles. The van der Waals surface area contributed by atoms with E-state index in [1.165, 1.54) is 31.6 Å². The van der Waals surface area contributed by atoms with Crippen molar-refractivity contribution in [3.8, 4) is 5.88 Å². The minimum absolute atomic E-state index is 0. The number of hydrogen-bond acceptors (Lipinski definition) is 7. The van der Waals surface area contributed by atoms with Crippen molar-refractivity contribution in [1.29, 1.82) is 0 Å². The van der Waals surface area contributed by atoms with Gasteiger partial charge < -0.3 is 15.2 Å². The highest BCUT2D eigenvalue weighted by atomic mass is 35.5. The highest BCUT2D eigenvalue weighted by Crippen LogP contribution is 2.37. The highest BCUT2D eigenvalue weighted by Gasteiger charge is 2.46. The Labute approximate surface area is 170 Å². The Hall–Kier alpha value is -2.72. The molecule has 29 heavy (non-hydrogen) atoms. The van der Waals surface area contributed by atoms with E-state index in [1.807, 2.05) is 0 Å². The van der Waals surface area contributed by atoms with E-state index in [0.29, 0.717) is 5.56 Å². The van der Waals surface area contributed by atoms with Crippen molar-refractivity contribution >= 4 is 24.0 Å². The van der Waals surface area contributed by atoms with E-state index in [9.17, 15) is 18.0 Å². The number of nitrogens with two attached hydrogens (primary N) is 1. The summed E-state index contributed by atoms with van der Waals surface area (Å²) < 4.78 is 52.0. The number of hydrogen-bond donors (Lipinski definition) is 1. The van der Waals surface area contributed by atoms with Crippen LogP contribution in [0.5, 0.6) is 5.88 Å². The third-order valence-electron chi connectivity index (χ3n) is 4.26. The van der Waals surface area contributed by atoms with Crippen molar-refractivity contribution < 1.29 is 27.4 Å². The first kappa shape index (κ1) is 22.6.